The molecule has 166 valence electrons. The molecule has 0 fully saturated rings. The number of hydrogen-bond donors (Lipinski definition) is 0. The molecular weight excluding hydrogens is 445 g/mol. The Balaban J connectivity index is 1.73. The lowest BCUT2D eigenvalue weighted by Gasteiger charge is -2.11. The molecule has 0 amide bonds. The average Bonchev–Trinajstić information content (AvgIpc) is 2.78. The maximum absolute atomic E-state index is 13.3. The van der Waals surface area contributed by atoms with E-state index in [0.29, 0.717) is 22.6 Å². The Labute approximate surface area is 187 Å². The summed E-state index contributed by atoms with van der Waals surface area (Å²) in [4.78, 5) is 12.4. The van der Waals surface area contributed by atoms with Crippen LogP contribution in [-0.2, 0) is 6.61 Å². The summed E-state index contributed by atoms with van der Waals surface area (Å²) in [5.74, 6) is -0.0537. The van der Waals surface area contributed by atoms with Gasteiger partial charge in [-0.3, -0.25) is 4.79 Å². The first-order chi connectivity index (χ1) is 15.4. The van der Waals surface area contributed by atoms with Crippen molar-refractivity contribution in [2.75, 3.05) is 7.11 Å². The lowest BCUT2D eigenvalue weighted by molar-refractivity contribution is -0.0498. The molecule has 0 heterocycles. The molecule has 0 aliphatic rings. The number of hydrogen-bond acceptors (Lipinski definition) is 4. The van der Waals surface area contributed by atoms with Gasteiger partial charge in [0.15, 0.2) is 5.78 Å². The van der Waals surface area contributed by atoms with Crippen molar-refractivity contribution in [2.24, 2.45) is 0 Å². The third-order valence-electron chi connectivity index (χ3n) is 4.36. The Hall–Kier alpha value is -3.45. The van der Waals surface area contributed by atoms with Crippen molar-refractivity contribution in [1.82, 2.24) is 0 Å². The van der Waals surface area contributed by atoms with E-state index < -0.39 is 12.4 Å². The van der Waals surface area contributed by atoms with Gasteiger partial charge >= 0.3 is 6.61 Å². The molecule has 0 atom stereocenters. The van der Waals surface area contributed by atoms with Crippen molar-refractivity contribution >= 4 is 23.5 Å². The van der Waals surface area contributed by atoms with Crippen LogP contribution in [0.5, 0.6) is 17.2 Å². The molecule has 8 heteroatoms. The third-order valence-corrected chi connectivity index (χ3v) is 4.65. The number of carbonyl (C=O) groups is 1. The molecule has 0 bridgehead atoms. The number of halogens is 4. The maximum Gasteiger partial charge on any atom is 0.387 e. The number of carbonyl (C=O) groups excluding carboxylic acids is 1. The molecule has 4 nitrogen and oxygen atoms in total. The van der Waals surface area contributed by atoms with E-state index in [4.69, 9.17) is 21.1 Å². The summed E-state index contributed by atoms with van der Waals surface area (Å²) in [5, 5.41) is -0.0484. The quantitative estimate of drug-likeness (QED) is 0.267. The number of alkyl halides is 2. The minimum absolute atomic E-state index is 0.0484. The number of benzene rings is 3. The number of ether oxygens (including phenoxy) is 3. The summed E-state index contributed by atoms with van der Waals surface area (Å²) in [5.41, 5.74) is 1.59. The van der Waals surface area contributed by atoms with Crippen LogP contribution >= 0.6 is 11.6 Å². The Morgan fingerprint density at radius 2 is 1.88 bits per heavy atom. The molecule has 0 unspecified atom stereocenters. The fraction of sp³-hybridized carbons (Fsp3) is 0.125. The fourth-order valence-corrected chi connectivity index (χ4v) is 3.01. The number of ketones is 1. The smallest absolute Gasteiger partial charge is 0.387 e. The van der Waals surface area contributed by atoms with E-state index in [1.165, 1.54) is 55.7 Å². The van der Waals surface area contributed by atoms with Crippen LogP contribution in [0.25, 0.3) is 6.08 Å². The molecule has 3 aromatic carbocycles. The van der Waals surface area contributed by atoms with Crippen LogP contribution in [0.2, 0.25) is 5.02 Å². The zero-order valence-corrected chi connectivity index (χ0v) is 17.6. The number of allylic oxidation sites excluding steroid dienone is 1. The fourth-order valence-electron chi connectivity index (χ4n) is 2.84. The van der Waals surface area contributed by atoms with Crippen molar-refractivity contribution in [3.05, 3.63) is 94.3 Å². The van der Waals surface area contributed by atoms with Crippen LogP contribution in [0.3, 0.4) is 0 Å². The molecule has 0 radical (unpaired) electrons. The summed E-state index contributed by atoms with van der Waals surface area (Å²) < 4.78 is 53.4. The minimum atomic E-state index is -2.97. The van der Waals surface area contributed by atoms with E-state index >= 15 is 0 Å². The SMILES string of the molecule is COc1ccc(/C=C/C(=O)c2cccc(OC(F)F)c2)cc1COc1ccc(F)c(Cl)c1. The van der Waals surface area contributed by atoms with Crippen molar-refractivity contribution in [2.45, 2.75) is 13.2 Å². The van der Waals surface area contributed by atoms with Gasteiger partial charge in [-0.25, -0.2) is 4.39 Å². The van der Waals surface area contributed by atoms with Gasteiger partial charge in [0.05, 0.1) is 12.1 Å². The van der Waals surface area contributed by atoms with E-state index in [-0.39, 0.29) is 28.7 Å². The second-order valence-corrected chi connectivity index (χ2v) is 6.95. The first kappa shape index (κ1) is 23.2. The standard InChI is InChI=1S/C24H18ClF3O4/c1-30-23-10-6-15(11-17(23)14-31-18-7-8-21(26)20(25)13-18)5-9-22(29)16-3-2-4-19(12-16)32-24(27)28/h2-13,24H,14H2,1H3/b9-5+. The highest BCUT2D eigenvalue weighted by Crippen LogP contribution is 2.25. The number of rotatable bonds is 9. The molecule has 0 saturated heterocycles. The van der Waals surface area contributed by atoms with E-state index in [1.54, 1.807) is 24.3 Å². The lowest BCUT2D eigenvalue weighted by atomic mass is 10.1. The van der Waals surface area contributed by atoms with E-state index in [1.807, 2.05) is 0 Å². The minimum Gasteiger partial charge on any atom is -0.496 e. The van der Waals surface area contributed by atoms with Crippen molar-refractivity contribution in [1.29, 1.82) is 0 Å². The summed E-state index contributed by atoms with van der Waals surface area (Å²) in [6.45, 7) is -2.85. The topological polar surface area (TPSA) is 44.8 Å². The van der Waals surface area contributed by atoms with Crippen molar-refractivity contribution in [3.63, 3.8) is 0 Å². The largest absolute Gasteiger partial charge is 0.496 e. The van der Waals surface area contributed by atoms with Crippen LogP contribution in [0.4, 0.5) is 13.2 Å². The molecule has 0 N–H and O–H groups in total. The van der Waals surface area contributed by atoms with Gasteiger partial charge in [0.25, 0.3) is 0 Å². The molecule has 0 spiro atoms. The Bertz CT molecular complexity index is 1130. The van der Waals surface area contributed by atoms with Gasteiger partial charge in [0.2, 0.25) is 0 Å². The predicted octanol–water partition coefficient (Wildman–Crippen LogP) is 6.56. The lowest BCUT2D eigenvalue weighted by Crippen LogP contribution is -2.03. The van der Waals surface area contributed by atoms with Gasteiger partial charge in [0.1, 0.15) is 29.7 Å². The number of methoxy groups -OCH3 is 1. The molecular formula is C24H18ClF3O4. The molecule has 32 heavy (non-hydrogen) atoms. The van der Waals surface area contributed by atoms with Gasteiger partial charge in [-0.1, -0.05) is 35.9 Å². The van der Waals surface area contributed by atoms with Gasteiger partial charge in [0, 0.05) is 17.2 Å². The van der Waals surface area contributed by atoms with E-state index in [0.717, 1.165) is 0 Å². The zero-order valence-electron chi connectivity index (χ0n) is 16.9. The normalized spacial score (nSPS) is 11.1. The van der Waals surface area contributed by atoms with Crippen LogP contribution in [-0.4, -0.2) is 19.5 Å². The van der Waals surface area contributed by atoms with Gasteiger partial charge in [-0.15, -0.1) is 0 Å². The third kappa shape index (κ3) is 6.28. The van der Waals surface area contributed by atoms with E-state index in [9.17, 15) is 18.0 Å². The Morgan fingerprint density at radius 3 is 2.59 bits per heavy atom. The van der Waals surface area contributed by atoms with Gasteiger partial charge in [-0.05, 0) is 48.0 Å². The van der Waals surface area contributed by atoms with Gasteiger partial charge < -0.3 is 14.2 Å². The highest BCUT2D eigenvalue weighted by Gasteiger charge is 2.09. The van der Waals surface area contributed by atoms with Gasteiger partial charge in [-0.2, -0.15) is 8.78 Å². The summed E-state index contributed by atoms with van der Waals surface area (Å²) >= 11 is 5.77. The maximum atomic E-state index is 13.3. The summed E-state index contributed by atoms with van der Waals surface area (Å²) in [6, 6.07) is 14.8. The zero-order chi connectivity index (χ0) is 23.1. The van der Waals surface area contributed by atoms with Crippen LogP contribution in [0, 0.1) is 5.82 Å². The Kier molecular flexibility index (Phi) is 7.78. The second-order valence-electron chi connectivity index (χ2n) is 6.54. The predicted molar refractivity (Wildman–Crippen MR) is 115 cm³/mol. The molecule has 0 aliphatic carbocycles. The average molecular weight is 463 g/mol. The highest BCUT2D eigenvalue weighted by atomic mass is 35.5. The molecule has 0 aliphatic heterocycles. The van der Waals surface area contributed by atoms with Crippen molar-refractivity contribution in [3.8, 4) is 17.2 Å². The van der Waals surface area contributed by atoms with Crippen LogP contribution < -0.4 is 14.2 Å². The molecule has 3 aromatic rings. The molecule has 3 rings (SSSR count). The van der Waals surface area contributed by atoms with Crippen molar-refractivity contribution < 1.29 is 32.2 Å². The van der Waals surface area contributed by atoms with E-state index in [2.05, 4.69) is 4.74 Å². The summed E-state index contributed by atoms with van der Waals surface area (Å²) in [7, 11) is 1.51. The monoisotopic (exact) mass is 462 g/mol. The Morgan fingerprint density at radius 1 is 1.06 bits per heavy atom. The highest BCUT2D eigenvalue weighted by molar-refractivity contribution is 6.30. The first-order valence-electron chi connectivity index (χ1n) is 9.38. The first-order valence-corrected chi connectivity index (χ1v) is 9.75. The van der Waals surface area contributed by atoms with Crippen LogP contribution in [0.1, 0.15) is 21.5 Å². The molecule has 0 aromatic heterocycles. The summed E-state index contributed by atoms with van der Waals surface area (Å²) in [6.07, 6.45) is 2.91. The second kappa shape index (κ2) is 10.7. The van der Waals surface area contributed by atoms with Crippen LogP contribution in [0.15, 0.2) is 66.7 Å². The molecule has 0 saturated carbocycles.